The molecule has 0 unspecified atom stereocenters. The van der Waals surface area contributed by atoms with Crippen molar-refractivity contribution in [2.24, 2.45) is 5.73 Å². The maximum absolute atomic E-state index is 13.1. The van der Waals surface area contributed by atoms with Crippen molar-refractivity contribution in [3.8, 4) is 0 Å². The van der Waals surface area contributed by atoms with Crippen molar-refractivity contribution in [2.45, 2.75) is 24.0 Å². The quantitative estimate of drug-likeness (QED) is 0.540. The molecular weight excluding hydrogens is 171 g/mol. The van der Waals surface area contributed by atoms with E-state index in [1.165, 1.54) is 0 Å². The van der Waals surface area contributed by atoms with Crippen LogP contribution in [0.25, 0.3) is 0 Å². The number of nitrogens with two attached hydrogens (primary N) is 1. The highest BCUT2D eigenvalue weighted by Crippen LogP contribution is 2.45. The van der Waals surface area contributed by atoms with Crippen LogP contribution in [0, 0.1) is 0 Å². The standard InChI is InChI=1S/C6H9FN2O.ClH/c7-6-1-5(8,2-6)3-9-4(6)10;/h1-3,8H2,(H,9,10);1H. The highest BCUT2D eigenvalue weighted by Gasteiger charge is 2.61. The summed E-state index contributed by atoms with van der Waals surface area (Å²) in [5.74, 6) is -0.486. The summed E-state index contributed by atoms with van der Waals surface area (Å²) in [5, 5.41) is 2.42. The van der Waals surface area contributed by atoms with Gasteiger partial charge in [0.1, 0.15) is 0 Å². The molecule has 2 bridgehead atoms. The Balaban J connectivity index is 0.000000605. The van der Waals surface area contributed by atoms with Crippen molar-refractivity contribution in [3.63, 3.8) is 0 Å². The van der Waals surface area contributed by atoms with Crippen LogP contribution in [-0.4, -0.2) is 23.7 Å². The normalized spacial score (nSPS) is 46.9. The van der Waals surface area contributed by atoms with E-state index in [9.17, 15) is 9.18 Å². The largest absolute Gasteiger partial charge is 0.351 e. The minimum atomic E-state index is -1.63. The molecule has 64 valence electrons. The van der Waals surface area contributed by atoms with Crippen LogP contribution in [-0.2, 0) is 4.79 Å². The highest BCUT2D eigenvalue weighted by atomic mass is 35.5. The second-order valence-electron chi connectivity index (χ2n) is 3.36. The topological polar surface area (TPSA) is 55.1 Å². The number of nitrogens with one attached hydrogen (secondary N) is 1. The van der Waals surface area contributed by atoms with Crippen LogP contribution in [0.4, 0.5) is 4.39 Å². The number of amides is 1. The summed E-state index contributed by atoms with van der Waals surface area (Å²) in [4.78, 5) is 10.8. The van der Waals surface area contributed by atoms with E-state index in [4.69, 9.17) is 5.73 Å². The first-order valence-corrected chi connectivity index (χ1v) is 3.30. The molecule has 0 aromatic carbocycles. The molecule has 3 rings (SSSR count). The van der Waals surface area contributed by atoms with Gasteiger partial charge in [-0.05, 0) is 0 Å². The van der Waals surface area contributed by atoms with Gasteiger partial charge in [0, 0.05) is 24.9 Å². The van der Waals surface area contributed by atoms with E-state index in [1.807, 2.05) is 0 Å². The number of piperidine rings is 2. The zero-order chi connectivity index (χ0) is 7.41. The lowest BCUT2D eigenvalue weighted by Gasteiger charge is -2.52. The van der Waals surface area contributed by atoms with E-state index in [0.717, 1.165) is 0 Å². The van der Waals surface area contributed by atoms with Crippen molar-refractivity contribution in [1.29, 1.82) is 0 Å². The molecule has 0 aromatic rings. The van der Waals surface area contributed by atoms with E-state index < -0.39 is 17.1 Å². The molecule has 1 amide bonds. The Morgan fingerprint density at radius 3 is 2.45 bits per heavy atom. The first-order valence-electron chi connectivity index (χ1n) is 3.30. The number of hydrogen-bond acceptors (Lipinski definition) is 2. The lowest BCUT2D eigenvalue weighted by Crippen LogP contribution is -2.74. The number of carbonyl (C=O) groups is 1. The number of halogens is 2. The molecule has 3 fully saturated rings. The molecule has 3 N–H and O–H groups in total. The number of hydrogen-bond donors (Lipinski definition) is 2. The Bertz CT molecular complexity index is 203. The molecule has 0 spiro atoms. The van der Waals surface area contributed by atoms with Crippen LogP contribution >= 0.6 is 12.4 Å². The van der Waals surface area contributed by atoms with E-state index in [2.05, 4.69) is 5.32 Å². The zero-order valence-electron chi connectivity index (χ0n) is 5.89. The third-order valence-corrected chi connectivity index (χ3v) is 2.27. The van der Waals surface area contributed by atoms with Crippen LogP contribution in [0.5, 0.6) is 0 Å². The third-order valence-electron chi connectivity index (χ3n) is 2.27. The van der Waals surface area contributed by atoms with Gasteiger partial charge in [0.15, 0.2) is 5.67 Å². The summed E-state index contributed by atoms with van der Waals surface area (Å²) in [6, 6.07) is 0. The first kappa shape index (κ1) is 8.74. The summed E-state index contributed by atoms with van der Waals surface area (Å²) in [5.41, 5.74) is 3.56. The highest BCUT2D eigenvalue weighted by molar-refractivity contribution is 5.88. The number of carbonyl (C=O) groups excluding carboxylic acids is 1. The summed E-state index contributed by atoms with van der Waals surface area (Å²) >= 11 is 0. The molecule has 0 atom stereocenters. The van der Waals surface area contributed by atoms with E-state index in [1.54, 1.807) is 0 Å². The van der Waals surface area contributed by atoms with E-state index >= 15 is 0 Å². The van der Waals surface area contributed by atoms with Crippen LogP contribution in [0.15, 0.2) is 0 Å². The second kappa shape index (κ2) is 2.08. The van der Waals surface area contributed by atoms with Gasteiger partial charge >= 0.3 is 0 Å². The van der Waals surface area contributed by atoms with Gasteiger partial charge in [0.05, 0.1) is 0 Å². The van der Waals surface area contributed by atoms with Crippen LogP contribution in [0.2, 0.25) is 0 Å². The number of alkyl halides is 1. The fourth-order valence-corrected chi connectivity index (χ4v) is 1.76. The molecule has 2 saturated heterocycles. The van der Waals surface area contributed by atoms with Crippen LogP contribution in [0.3, 0.4) is 0 Å². The first-order chi connectivity index (χ1) is 4.54. The van der Waals surface area contributed by atoms with Crippen molar-refractivity contribution in [1.82, 2.24) is 5.32 Å². The average Bonchev–Trinajstić information content (AvgIpc) is 1.76. The molecule has 0 radical (unpaired) electrons. The van der Waals surface area contributed by atoms with Crippen molar-refractivity contribution >= 4 is 18.3 Å². The van der Waals surface area contributed by atoms with Gasteiger partial charge in [-0.1, -0.05) is 0 Å². The molecule has 1 aliphatic carbocycles. The fourth-order valence-electron chi connectivity index (χ4n) is 1.76. The Labute approximate surface area is 69.9 Å². The third kappa shape index (κ3) is 1.01. The molecule has 3 nitrogen and oxygen atoms in total. The van der Waals surface area contributed by atoms with Gasteiger partial charge < -0.3 is 11.1 Å². The fraction of sp³-hybridized carbons (Fsp3) is 0.833. The van der Waals surface area contributed by atoms with E-state index in [0.29, 0.717) is 6.54 Å². The zero-order valence-corrected chi connectivity index (χ0v) is 6.71. The summed E-state index contributed by atoms with van der Waals surface area (Å²) in [7, 11) is 0. The Morgan fingerprint density at radius 1 is 1.55 bits per heavy atom. The predicted molar refractivity (Wildman–Crippen MR) is 40.2 cm³/mol. The lowest BCUT2D eigenvalue weighted by molar-refractivity contribution is -0.152. The van der Waals surface area contributed by atoms with Gasteiger partial charge in [-0.25, -0.2) is 4.39 Å². The van der Waals surface area contributed by atoms with E-state index in [-0.39, 0.29) is 25.2 Å². The maximum atomic E-state index is 13.1. The van der Waals surface area contributed by atoms with Crippen molar-refractivity contribution in [3.05, 3.63) is 0 Å². The Kier molecular flexibility index (Phi) is 1.65. The molecule has 11 heavy (non-hydrogen) atoms. The predicted octanol–water partition coefficient (Wildman–Crippen LogP) is -0.262. The molecule has 0 aromatic heterocycles. The SMILES string of the molecule is Cl.NC12CNC(=O)C(F)(C1)C2. The summed E-state index contributed by atoms with van der Waals surface area (Å²) in [6.07, 6.45) is 0.400. The van der Waals surface area contributed by atoms with Gasteiger partial charge in [0.2, 0.25) is 0 Å². The molecule has 2 heterocycles. The number of fused-ring (bicyclic) bond motifs is 2. The van der Waals surface area contributed by atoms with Crippen LogP contribution in [0.1, 0.15) is 12.8 Å². The molecular formula is C6H10ClFN2O. The lowest BCUT2D eigenvalue weighted by atomic mass is 9.63. The maximum Gasteiger partial charge on any atom is 0.257 e. The van der Waals surface area contributed by atoms with Crippen molar-refractivity contribution < 1.29 is 9.18 Å². The van der Waals surface area contributed by atoms with Crippen molar-refractivity contribution in [2.75, 3.05) is 6.54 Å². The molecule has 2 aliphatic heterocycles. The smallest absolute Gasteiger partial charge is 0.257 e. The monoisotopic (exact) mass is 180 g/mol. The van der Waals surface area contributed by atoms with Crippen LogP contribution < -0.4 is 11.1 Å². The Morgan fingerprint density at radius 2 is 2.09 bits per heavy atom. The minimum Gasteiger partial charge on any atom is -0.351 e. The van der Waals surface area contributed by atoms with Gasteiger partial charge in [-0.2, -0.15) is 0 Å². The molecule has 5 heteroatoms. The summed E-state index contributed by atoms with van der Waals surface area (Å²) < 4.78 is 13.1. The van der Waals surface area contributed by atoms with Gasteiger partial charge in [-0.3, -0.25) is 4.79 Å². The number of rotatable bonds is 0. The van der Waals surface area contributed by atoms with Gasteiger partial charge in [0.25, 0.3) is 5.91 Å². The van der Waals surface area contributed by atoms with Gasteiger partial charge in [-0.15, -0.1) is 12.4 Å². The molecule has 1 saturated carbocycles. The second-order valence-corrected chi connectivity index (χ2v) is 3.36. The molecule has 3 aliphatic rings. The summed E-state index contributed by atoms with van der Waals surface area (Å²) in [6.45, 7) is 0.428. The Hall–Kier alpha value is -0.350. The average molecular weight is 181 g/mol. The minimum absolute atomic E-state index is 0.